The van der Waals surface area contributed by atoms with E-state index in [0.29, 0.717) is 18.8 Å². The van der Waals surface area contributed by atoms with Crippen LogP contribution in [0.25, 0.3) is 0 Å². The molecule has 0 N–H and O–H groups in total. The summed E-state index contributed by atoms with van der Waals surface area (Å²) < 4.78 is 62.5. The number of hydrogen-bond donors (Lipinski definition) is 0. The van der Waals surface area contributed by atoms with Crippen molar-refractivity contribution in [2.24, 2.45) is 11.3 Å². The second-order valence-corrected chi connectivity index (χ2v) is 6.52. The molecule has 0 amide bonds. The normalized spacial score (nSPS) is 25.3. The molecule has 0 radical (unpaired) electrons. The Hall–Kier alpha value is -0.720. The van der Waals surface area contributed by atoms with E-state index in [2.05, 4.69) is 4.18 Å². The second-order valence-electron chi connectivity index (χ2n) is 4.98. The van der Waals surface area contributed by atoms with Gasteiger partial charge in [0.25, 0.3) is 0 Å². The van der Waals surface area contributed by atoms with Crippen LogP contribution in [0, 0.1) is 11.3 Å². The highest BCUT2D eigenvalue weighted by Crippen LogP contribution is 2.42. The van der Waals surface area contributed by atoms with Crippen molar-refractivity contribution >= 4 is 10.1 Å². The van der Waals surface area contributed by atoms with E-state index in [1.807, 2.05) is 6.92 Å². The zero-order valence-corrected chi connectivity index (χ0v) is 10.7. The molecule has 17 heavy (non-hydrogen) atoms. The molecule has 1 rings (SSSR count). The minimum Gasteiger partial charge on any atom is -0.380 e. The van der Waals surface area contributed by atoms with Crippen LogP contribution in [-0.4, -0.2) is 13.9 Å². The summed E-state index contributed by atoms with van der Waals surface area (Å²) in [7, 11) is -5.55. The summed E-state index contributed by atoms with van der Waals surface area (Å²) in [5.41, 5.74) is -6.08. The highest BCUT2D eigenvalue weighted by Gasteiger charge is 2.50. The van der Waals surface area contributed by atoms with Crippen molar-refractivity contribution in [2.45, 2.75) is 39.1 Å². The molecule has 0 fully saturated rings. The highest BCUT2D eigenvalue weighted by molar-refractivity contribution is 7.87. The Morgan fingerprint density at radius 2 is 1.94 bits per heavy atom. The third-order valence-corrected chi connectivity index (χ3v) is 3.68. The van der Waals surface area contributed by atoms with Gasteiger partial charge >= 0.3 is 15.6 Å². The van der Waals surface area contributed by atoms with Gasteiger partial charge < -0.3 is 4.18 Å². The van der Waals surface area contributed by atoms with Gasteiger partial charge in [0.2, 0.25) is 0 Å². The minimum absolute atomic E-state index is 0.118. The molecule has 1 unspecified atom stereocenters. The summed E-state index contributed by atoms with van der Waals surface area (Å²) in [6.45, 7) is 5.29. The van der Waals surface area contributed by atoms with Gasteiger partial charge in [0, 0.05) is 5.41 Å². The van der Waals surface area contributed by atoms with E-state index in [0.717, 1.165) is 0 Å². The van der Waals surface area contributed by atoms with Crippen LogP contribution in [0.4, 0.5) is 13.2 Å². The molecule has 100 valence electrons. The molecule has 0 saturated carbocycles. The Kier molecular flexibility index (Phi) is 3.53. The maximum atomic E-state index is 12.2. The number of rotatable bonds is 2. The van der Waals surface area contributed by atoms with Crippen LogP contribution in [0.2, 0.25) is 0 Å². The van der Waals surface area contributed by atoms with E-state index < -0.39 is 21.0 Å². The molecule has 0 aliphatic heterocycles. The smallest absolute Gasteiger partial charge is 0.380 e. The zero-order valence-electron chi connectivity index (χ0n) is 9.84. The number of allylic oxidation sites excluding steroid dienone is 2. The minimum atomic E-state index is -5.55. The lowest BCUT2D eigenvalue weighted by Crippen LogP contribution is -2.31. The lowest BCUT2D eigenvalue weighted by molar-refractivity contribution is -0.0534. The van der Waals surface area contributed by atoms with Crippen molar-refractivity contribution in [2.75, 3.05) is 0 Å². The fraction of sp³-hybridized carbons (Fsp3) is 0.800. The maximum absolute atomic E-state index is 12.2. The summed E-state index contributed by atoms with van der Waals surface area (Å²) >= 11 is 0. The van der Waals surface area contributed by atoms with Gasteiger partial charge in [-0.2, -0.15) is 21.6 Å². The first-order valence-corrected chi connectivity index (χ1v) is 6.58. The fourth-order valence-corrected chi connectivity index (χ4v) is 2.58. The molecule has 0 spiro atoms. The number of alkyl halides is 3. The average molecular weight is 272 g/mol. The first-order chi connectivity index (χ1) is 7.46. The van der Waals surface area contributed by atoms with E-state index >= 15 is 0 Å². The van der Waals surface area contributed by atoms with Gasteiger partial charge in [-0.25, -0.2) is 0 Å². The third-order valence-electron chi connectivity index (χ3n) is 2.71. The fourth-order valence-electron chi connectivity index (χ4n) is 1.95. The Labute approximate surface area is 98.8 Å². The molecule has 0 bridgehead atoms. The van der Waals surface area contributed by atoms with Crippen molar-refractivity contribution in [3.05, 3.63) is 11.8 Å². The molecule has 7 heteroatoms. The Morgan fingerprint density at radius 1 is 1.41 bits per heavy atom. The molecule has 1 atom stereocenters. The van der Waals surface area contributed by atoms with Crippen molar-refractivity contribution in [3.63, 3.8) is 0 Å². The van der Waals surface area contributed by atoms with Gasteiger partial charge in [-0.1, -0.05) is 20.8 Å². The Balaban J connectivity index is 2.97. The summed E-state index contributed by atoms with van der Waals surface area (Å²) in [6, 6.07) is 0. The lowest BCUT2D eigenvalue weighted by Gasteiger charge is -2.33. The molecule has 1 aliphatic rings. The van der Waals surface area contributed by atoms with Crippen LogP contribution in [0.15, 0.2) is 11.8 Å². The van der Waals surface area contributed by atoms with E-state index in [1.54, 1.807) is 13.8 Å². The van der Waals surface area contributed by atoms with Crippen LogP contribution in [0.5, 0.6) is 0 Å². The lowest BCUT2D eigenvalue weighted by atomic mass is 9.76. The Morgan fingerprint density at radius 3 is 2.35 bits per heavy atom. The number of hydrogen-bond acceptors (Lipinski definition) is 3. The van der Waals surface area contributed by atoms with E-state index in [4.69, 9.17) is 0 Å². The topological polar surface area (TPSA) is 43.4 Å². The standard InChI is InChI=1S/C10H15F3O3S/c1-7-4-5-8(9(2,3)6-7)16-17(14,15)10(11,12)13/h5,7H,4,6H2,1-3H3. The van der Waals surface area contributed by atoms with Crippen molar-refractivity contribution < 1.29 is 25.8 Å². The van der Waals surface area contributed by atoms with Crippen LogP contribution in [-0.2, 0) is 14.3 Å². The first kappa shape index (κ1) is 14.3. The maximum Gasteiger partial charge on any atom is 0.534 e. The summed E-state index contributed by atoms with van der Waals surface area (Å²) in [4.78, 5) is 0. The number of halogens is 3. The van der Waals surface area contributed by atoms with Gasteiger partial charge in [0.15, 0.2) is 0 Å². The quantitative estimate of drug-likeness (QED) is 0.572. The van der Waals surface area contributed by atoms with Crippen molar-refractivity contribution in [1.82, 2.24) is 0 Å². The van der Waals surface area contributed by atoms with E-state index in [1.165, 1.54) is 6.08 Å². The largest absolute Gasteiger partial charge is 0.534 e. The molecule has 0 heterocycles. The summed E-state index contributed by atoms with van der Waals surface area (Å²) in [5.74, 6) is 0.180. The molecule has 3 nitrogen and oxygen atoms in total. The predicted octanol–water partition coefficient (Wildman–Crippen LogP) is 3.19. The Bertz CT molecular complexity index is 421. The molecule has 0 aromatic carbocycles. The van der Waals surface area contributed by atoms with Crippen LogP contribution < -0.4 is 0 Å². The van der Waals surface area contributed by atoms with Crippen LogP contribution in [0.1, 0.15) is 33.6 Å². The van der Waals surface area contributed by atoms with Crippen LogP contribution in [0.3, 0.4) is 0 Å². The van der Waals surface area contributed by atoms with Gasteiger partial charge in [-0.3, -0.25) is 0 Å². The van der Waals surface area contributed by atoms with Crippen molar-refractivity contribution in [3.8, 4) is 0 Å². The highest BCUT2D eigenvalue weighted by atomic mass is 32.2. The third kappa shape index (κ3) is 3.14. The summed E-state index contributed by atoms with van der Waals surface area (Å²) in [6.07, 6.45) is 2.54. The van der Waals surface area contributed by atoms with Crippen molar-refractivity contribution in [1.29, 1.82) is 0 Å². The molecule has 0 aromatic rings. The molecular formula is C10H15F3O3S. The zero-order chi connectivity index (χ0) is 13.5. The monoisotopic (exact) mass is 272 g/mol. The second kappa shape index (κ2) is 4.19. The predicted molar refractivity (Wildman–Crippen MR) is 56.3 cm³/mol. The molecule has 0 saturated heterocycles. The SMILES string of the molecule is CC1CC=C(OS(=O)(=O)C(F)(F)F)C(C)(C)C1. The molecule has 1 aliphatic carbocycles. The van der Waals surface area contributed by atoms with Gasteiger partial charge in [0.05, 0.1) is 0 Å². The van der Waals surface area contributed by atoms with Gasteiger partial charge in [-0.15, -0.1) is 0 Å². The van der Waals surface area contributed by atoms with Gasteiger partial charge in [0.1, 0.15) is 5.76 Å². The average Bonchev–Trinajstić information content (AvgIpc) is 2.07. The summed E-state index contributed by atoms with van der Waals surface area (Å²) in [5, 5.41) is 0. The van der Waals surface area contributed by atoms with Crippen LogP contribution >= 0.6 is 0 Å². The molecular weight excluding hydrogens is 257 g/mol. The van der Waals surface area contributed by atoms with Gasteiger partial charge in [-0.05, 0) is 24.8 Å². The first-order valence-electron chi connectivity index (χ1n) is 5.17. The molecule has 0 aromatic heterocycles. The van der Waals surface area contributed by atoms with E-state index in [9.17, 15) is 21.6 Å². The van der Waals surface area contributed by atoms with E-state index in [-0.39, 0.29) is 5.76 Å².